The smallest absolute Gasteiger partial charge is 0.254 e. The first-order valence-corrected chi connectivity index (χ1v) is 8.17. The van der Waals surface area contributed by atoms with Crippen LogP contribution in [0.15, 0.2) is 28.1 Å². The monoisotopic (exact) mass is 387 g/mol. The molecule has 0 N–H and O–H groups in total. The maximum Gasteiger partial charge on any atom is 0.254 e. The van der Waals surface area contributed by atoms with Crippen LogP contribution in [0.2, 0.25) is 5.02 Å². The van der Waals surface area contributed by atoms with Crippen LogP contribution < -0.4 is 9.47 Å². The minimum atomic E-state index is -0.111. The third-order valence-electron chi connectivity index (χ3n) is 3.04. The van der Waals surface area contributed by atoms with Crippen LogP contribution in [0.25, 0.3) is 0 Å². The van der Waals surface area contributed by atoms with Crippen molar-refractivity contribution in [3.8, 4) is 11.5 Å². The fourth-order valence-corrected chi connectivity index (χ4v) is 3.82. The van der Waals surface area contributed by atoms with Crippen LogP contribution in [0.3, 0.4) is 0 Å². The summed E-state index contributed by atoms with van der Waals surface area (Å²) >= 11 is 11.1. The number of carbonyl (C=O) groups excluding carboxylic acids is 1. The summed E-state index contributed by atoms with van der Waals surface area (Å²) in [5.41, 5.74) is 0.488. The Hall–Kier alpha value is -1.24. The molecule has 1 aromatic heterocycles. The maximum absolute atomic E-state index is 12.5. The van der Waals surface area contributed by atoms with Gasteiger partial charge >= 0.3 is 0 Å². The minimum Gasteiger partial charge on any atom is -0.454 e. The number of hydrogen-bond acceptors (Lipinski definition) is 4. The van der Waals surface area contributed by atoms with Crippen LogP contribution in [0.5, 0.6) is 11.5 Å². The van der Waals surface area contributed by atoms with Crippen LogP contribution in [-0.4, -0.2) is 24.6 Å². The van der Waals surface area contributed by atoms with E-state index < -0.39 is 0 Å². The van der Waals surface area contributed by atoms with E-state index in [1.807, 2.05) is 11.4 Å². The van der Waals surface area contributed by atoms with Gasteiger partial charge in [-0.1, -0.05) is 11.6 Å². The van der Waals surface area contributed by atoms with Gasteiger partial charge in [-0.15, -0.1) is 11.3 Å². The van der Waals surface area contributed by atoms with Crippen LogP contribution in [0.1, 0.15) is 15.2 Å². The number of carbonyl (C=O) groups is 1. The fourth-order valence-electron chi connectivity index (χ4n) is 2.05. The van der Waals surface area contributed by atoms with Gasteiger partial charge in [-0.25, -0.2) is 0 Å². The van der Waals surface area contributed by atoms with Crippen LogP contribution >= 0.6 is 38.9 Å². The van der Waals surface area contributed by atoms with Crippen molar-refractivity contribution in [2.75, 3.05) is 13.8 Å². The lowest BCUT2D eigenvalue weighted by Crippen LogP contribution is -2.25. The van der Waals surface area contributed by atoms with Crippen molar-refractivity contribution in [2.45, 2.75) is 6.54 Å². The number of hydrogen-bond donors (Lipinski definition) is 0. The summed E-state index contributed by atoms with van der Waals surface area (Å²) < 4.78 is 11.6. The summed E-state index contributed by atoms with van der Waals surface area (Å²) in [4.78, 5) is 15.2. The van der Waals surface area contributed by atoms with E-state index in [-0.39, 0.29) is 12.7 Å². The molecule has 0 aliphatic carbocycles. The Kier molecular flexibility index (Phi) is 4.10. The highest BCUT2D eigenvalue weighted by Gasteiger charge is 2.22. The molecule has 0 bridgehead atoms. The zero-order chi connectivity index (χ0) is 15.0. The minimum absolute atomic E-state index is 0.111. The molecule has 4 nitrogen and oxygen atoms in total. The molecule has 0 spiro atoms. The van der Waals surface area contributed by atoms with Gasteiger partial charge in [-0.05, 0) is 34.1 Å². The highest BCUT2D eigenvalue weighted by atomic mass is 79.9. The molecule has 0 saturated heterocycles. The second-order valence-corrected chi connectivity index (χ2v) is 6.90. The molecular weight excluding hydrogens is 378 g/mol. The molecule has 2 aromatic rings. The molecule has 0 saturated carbocycles. The van der Waals surface area contributed by atoms with E-state index in [4.69, 9.17) is 21.1 Å². The first kappa shape index (κ1) is 14.7. The van der Waals surface area contributed by atoms with Crippen molar-refractivity contribution >= 4 is 44.8 Å². The molecule has 1 amide bonds. The van der Waals surface area contributed by atoms with E-state index in [2.05, 4.69) is 15.9 Å². The SMILES string of the molecule is CN(Cc1cc(Br)cs1)C(=O)c1cc(Cl)c2c(c1)OCO2. The lowest BCUT2D eigenvalue weighted by Gasteiger charge is -2.16. The first-order chi connectivity index (χ1) is 10.0. The lowest BCUT2D eigenvalue weighted by atomic mass is 10.1. The summed E-state index contributed by atoms with van der Waals surface area (Å²) in [5.74, 6) is 0.899. The van der Waals surface area contributed by atoms with Crippen molar-refractivity contribution in [1.82, 2.24) is 4.90 Å². The topological polar surface area (TPSA) is 38.8 Å². The molecule has 0 unspecified atom stereocenters. The summed E-state index contributed by atoms with van der Waals surface area (Å²) in [6.07, 6.45) is 0. The third-order valence-corrected chi connectivity index (χ3v) is 5.00. The van der Waals surface area contributed by atoms with Gasteiger partial charge in [0.25, 0.3) is 5.91 Å². The Morgan fingerprint density at radius 3 is 2.95 bits per heavy atom. The molecule has 0 radical (unpaired) electrons. The van der Waals surface area contributed by atoms with E-state index in [1.165, 1.54) is 0 Å². The number of rotatable bonds is 3. The van der Waals surface area contributed by atoms with E-state index in [9.17, 15) is 4.79 Å². The van der Waals surface area contributed by atoms with Crippen LogP contribution in [0.4, 0.5) is 0 Å². The normalized spacial score (nSPS) is 12.5. The number of thiophene rings is 1. The summed E-state index contributed by atoms with van der Waals surface area (Å²) in [6, 6.07) is 5.27. The molecule has 2 heterocycles. The average molecular weight is 389 g/mol. The second kappa shape index (κ2) is 5.87. The highest BCUT2D eigenvalue weighted by Crippen LogP contribution is 2.40. The second-order valence-electron chi connectivity index (χ2n) is 4.58. The van der Waals surface area contributed by atoms with Crippen LogP contribution in [-0.2, 0) is 6.54 Å². The van der Waals surface area contributed by atoms with E-state index in [0.717, 1.165) is 9.35 Å². The number of nitrogens with zero attached hydrogens (tertiary/aromatic N) is 1. The summed E-state index contributed by atoms with van der Waals surface area (Å²) in [6.45, 7) is 0.674. The van der Waals surface area contributed by atoms with Gasteiger partial charge in [0, 0.05) is 27.3 Å². The average Bonchev–Trinajstić information content (AvgIpc) is 3.07. The van der Waals surface area contributed by atoms with Gasteiger partial charge in [0.2, 0.25) is 6.79 Å². The Balaban J connectivity index is 1.80. The standard InChI is InChI=1S/C14H11BrClNO3S/c1-17(5-10-4-9(15)6-21-10)14(18)8-2-11(16)13-12(3-8)19-7-20-13/h2-4,6H,5,7H2,1H3. The number of ether oxygens (including phenoxy) is 2. The molecule has 3 rings (SSSR count). The predicted octanol–water partition coefficient (Wildman–Crippen LogP) is 4.16. The van der Waals surface area contributed by atoms with Gasteiger partial charge in [-0.3, -0.25) is 4.79 Å². The Bertz CT molecular complexity index is 704. The maximum atomic E-state index is 12.5. The molecule has 1 aliphatic rings. The molecule has 7 heteroatoms. The molecule has 110 valence electrons. The van der Waals surface area contributed by atoms with Crippen molar-refractivity contribution in [2.24, 2.45) is 0 Å². The van der Waals surface area contributed by atoms with Crippen molar-refractivity contribution < 1.29 is 14.3 Å². The highest BCUT2D eigenvalue weighted by molar-refractivity contribution is 9.10. The van der Waals surface area contributed by atoms with E-state index >= 15 is 0 Å². The third kappa shape index (κ3) is 3.02. The molecular formula is C14H11BrClNO3S. The predicted molar refractivity (Wildman–Crippen MR) is 85.4 cm³/mol. The Morgan fingerprint density at radius 1 is 1.43 bits per heavy atom. The zero-order valence-corrected chi connectivity index (χ0v) is 14.2. The van der Waals surface area contributed by atoms with Crippen LogP contribution in [0, 0.1) is 0 Å². The van der Waals surface area contributed by atoms with Gasteiger partial charge in [0.1, 0.15) is 0 Å². The van der Waals surface area contributed by atoms with E-state index in [0.29, 0.717) is 28.6 Å². The van der Waals surface area contributed by atoms with Gasteiger partial charge in [0.05, 0.1) is 11.6 Å². The Labute approximate surface area is 139 Å². The van der Waals surface area contributed by atoms with Gasteiger partial charge < -0.3 is 14.4 Å². The largest absolute Gasteiger partial charge is 0.454 e. The van der Waals surface area contributed by atoms with Crippen molar-refractivity contribution in [3.05, 3.63) is 43.5 Å². The molecule has 1 aliphatic heterocycles. The summed E-state index contributed by atoms with van der Waals surface area (Å²) in [5, 5.41) is 2.38. The lowest BCUT2D eigenvalue weighted by molar-refractivity contribution is 0.0786. The fraction of sp³-hybridized carbons (Fsp3) is 0.214. The van der Waals surface area contributed by atoms with Gasteiger partial charge in [0.15, 0.2) is 11.5 Å². The molecule has 0 atom stereocenters. The quantitative estimate of drug-likeness (QED) is 0.792. The molecule has 1 aromatic carbocycles. The summed E-state index contributed by atoms with van der Waals surface area (Å²) in [7, 11) is 1.76. The van der Waals surface area contributed by atoms with Gasteiger partial charge in [-0.2, -0.15) is 0 Å². The Morgan fingerprint density at radius 2 is 2.24 bits per heavy atom. The van der Waals surface area contributed by atoms with E-state index in [1.54, 1.807) is 35.4 Å². The number of halogens is 2. The molecule has 21 heavy (non-hydrogen) atoms. The number of amides is 1. The van der Waals surface area contributed by atoms with Crippen molar-refractivity contribution in [3.63, 3.8) is 0 Å². The molecule has 0 fully saturated rings. The number of fused-ring (bicyclic) bond motifs is 1. The zero-order valence-electron chi connectivity index (χ0n) is 11.1. The number of benzene rings is 1. The van der Waals surface area contributed by atoms with Crippen molar-refractivity contribution in [1.29, 1.82) is 0 Å². The first-order valence-electron chi connectivity index (χ1n) is 6.12.